The molecule has 0 unspecified atom stereocenters. The highest BCUT2D eigenvalue weighted by Crippen LogP contribution is 2.22. The van der Waals surface area contributed by atoms with Gasteiger partial charge in [0.25, 0.3) is 0 Å². The van der Waals surface area contributed by atoms with Crippen LogP contribution in [0.1, 0.15) is 22.3 Å². The third-order valence-corrected chi connectivity index (χ3v) is 4.70. The summed E-state index contributed by atoms with van der Waals surface area (Å²) in [6.07, 6.45) is 2.30. The third-order valence-electron chi connectivity index (χ3n) is 4.70. The molecule has 0 atom stereocenters. The molecule has 1 aromatic heterocycles. The summed E-state index contributed by atoms with van der Waals surface area (Å²) in [4.78, 5) is 14.8. The van der Waals surface area contributed by atoms with Crippen LogP contribution in [0.2, 0.25) is 0 Å². The molecule has 3 rings (SSSR count). The van der Waals surface area contributed by atoms with Gasteiger partial charge >= 0.3 is 0 Å². The van der Waals surface area contributed by atoms with Crippen molar-refractivity contribution in [1.29, 1.82) is 5.26 Å². The van der Waals surface area contributed by atoms with E-state index in [-0.39, 0.29) is 5.78 Å². The van der Waals surface area contributed by atoms with Gasteiger partial charge in [-0.2, -0.15) is 5.26 Å². The molecule has 0 radical (unpaired) electrons. The van der Waals surface area contributed by atoms with Gasteiger partial charge in [0.15, 0.2) is 5.78 Å². The summed E-state index contributed by atoms with van der Waals surface area (Å²) in [6, 6.07) is 18.0. The minimum absolute atomic E-state index is 0.0740. The number of aromatic nitrogens is 1. The summed E-state index contributed by atoms with van der Waals surface area (Å²) in [7, 11) is 1.92. The van der Waals surface area contributed by atoms with Crippen LogP contribution in [0.15, 0.2) is 54.7 Å². The highest BCUT2D eigenvalue weighted by molar-refractivity contribution is 6.09. The highest BCUT2D eigenvalue weighted by atomic mass is 16.5. The molecule has 2 aromatic carbocycles. The fourth-order valence-corrected chi connectivity index (χ4v) is 3.26. The topological polar surface area (TPSA) is 58.3 Å². The van der Waals surface area contributed by atoms with Crippen molar-refractivity contribution in [3.05, 3.63) is 65.9 Å². The van der Waals surface area contributed by atoms with Crippen molar-refractivity contribution in [1.82, 2.24) is 9.47 Å². The SMILES string of the molecule is Cc1cccc(OCCN(C)CC(=O)c2cn(CCC#N)c3ccccc23)c1. The molecule has 28 heavy (non-hydrogen) atoms. The molecule has 0 saturated carbocycles. The lowest BCUT2D eigenvalue weighted by atomic mass is 10.1. The molecule has 0 aliphatic heterocycles. The molecule has 0 aliphatic rings. The molecule has 144 valence electrons. The Hall–Kier alpha value is -3.10. The monoisotopic (exact) mass is 375 g/mol. The van der Waals surface area contributed by atoms with E-state index in [4.69, 9.17) is 10.00 Å². The average molecular weight is 375 g/mol. The first kappa shape index (κ1) is 19.7. The van der Waals surface area contributed by atoms with Crippen molar-refractivity contribution >= 4 is 16.7 Å². The van der Waals surface area contributed by atoms with Gasteiger partial charge in [-0.3, -0.25) is 9.69 Å². The number of carbonyl (C=O) groups excluding carboxylic acids is 1. The van der Waals surface area contributed by atoms with E-state index < -0.39 is 0 Å². The molecule has 0 spiro atoms. The van der Waals surface area contributed by atoms with Crippen molar-refractivity contribution in [2.75, 3.05) is 26.7 Å². The van der Waals surface area contributed by atoms with Gasteiger partial charge in [-0.15, -0.1) is 0 Å². The molecule has 0 N–H and O–H groups in total. The van der Waals surface area contributed by atoms with E-state index >= 15 is 0 Å². The molecule has 3 aromatic rings. The maximum Gasteiger partial charge on any atom is 0.178 e. The lowest BCUT2D eigenvalue weighted by Gasteiger charge is -2.16. The fraction of sp³-hybridized carbons (Fsp3) is 0.304. The van der Waals surface area contributed by atoms with Crippen molar-refractivity contribution in [3.63, 3.8) is 0 Å². The molecular formula is C23H25N3O2. The maximum atomic E-state index is 12.9. The smallest absolute Gasteiger partial charge is 0.178 e. The second-order valence-corrected chi connectivity index (χ2v) is 6.99. The molecule has 0 bridgehead atoms. The van der Waals surface area contributed by atoms with Gasteiger partial charge in [0.2, 0.25) is 0 Å². The quantitative estimate of drug-likeness (QED) is 0.529. The zero-order chi connectivity index (χ0) is 19.9. The first-order chi connectivity index (χ1) is 13.6. The van der Waals surface area contributed by atoms with E-state index in [9.17, 15) is 4.79 Å². The van der Waals surface area contributed by atoms with E-state index in [0.29, 0.717) is 38.2 Å². The first-order valence-corrected chi connectivity index (χ1v) is 9.44. The highest BCUT2D eigenvalue weighted by Gasteiger charge is 2.16. The van der Waals surface area contributed by atoms with Crippen LogP contribution >= 0.6 is 0 Å². The number of ketones is 1. The lowest BCUT2D eigenvalue weighted by molar-refractivity contribution is 0.0939. The Balaban J connectivity index is 1.61. The van der Waals surface area contributed by atoms with Crippen LogP contribution in [0.5, 0.6) is 5.75 Å². The summed E-state index contributed by atoms with van der Waals surface area (Å²) in [5.74, 6) is 0.922. The molecule has 0 saturated heterocycles. The van der Waals surface area contributed by atoms with Crippen LogP contribution in [-0.2, 0) is 6.54 Å². The number of likely N-dealkylation sites (N-methyl/N-ethyl adjacent to an activating group) is 1. The number of nitriles is 1. The van der Waals surface area contributed by atoms with Crippen LogP contribution in [0.4, 0.5) is 0 Å². The van der Waals surface area contributed by atoms with Gasteiger partial charge in [-0.05, 0) is 37.7 Å². The number of para-hydroxylation sites is 1. The number of hydrogen-bond acceptors (Lipinski definition) is 4. The van der Waals surface area contributed by atoms with Crippen LogP contribution in [-0.4, -0.2) is 42.0 Å². The number of fused-ring (bicyclic) bond motifs is 1. The van der Waals surface area contributed by atoms with Crippen LogP contribution in [0, 0.1) is 18.3 Å². The maximum absolute atomic E-state index is 12.9. The van der Waals surface area contributed by atoms with Gasteiger partial charge in [0, 0.05) is 35.8 Å². The average Bonchev–Trinajstić information content (AvgIpc) is 3.05. The Morgan fingerprint density at radius 2 is 2.04 bits per heavy atom. The molecule has 5 nitrogen and oxygen atoms in total. The van der Waals surface area contributed by atoms with Crippen molar-refractivity contribution in [2.24, 2.45) is 0 Å². The number of benzene rings is 2. The first-order valence-electron chi connectivity index (χ1n) is 9.44. The standard InChI is InChI=1S/C23H25N3O2/c1-18-7-5-8-19(15-18)28-14-13-25(2)17-23(27)21-16-26(12-6-11-24)22-10-4-3-9-20(21)22/h3-5,7-10,15-16H,6,12-14,17H2,1-2H3. The van der Waals surface area contributed by atoms with E-state index in [0.717, 1.165) is 22.2 Å². The third kappa shape index (κ3) is 4.79. The Morgan fingerprint density at radius 1 is 1.21 bits per heavy atom. The largest absolute Gasteiger partial charge is 0.492 e. The summed E-state index contributed by atoms with van der Waals surface area (Å²) < 4.78 is 7.77. The summed E-state index contributed by atoms with van der Waals surface area (Å²) in [5.41, 5.74) is 2.86. The Morgan fingerprint density at radius 3 is 2.82 bits per heavy atom. The van der Waals surface area contributed by atoms with Gasteiger partial charge in [0.1, 0.15) is 12.4 Å². The van der Waals surface area contributed by atoms with Gasteiger partial charge < -0.3 is 9.30 Å². The molecule has 5 heteroatoms. The minimum atomic E-state index is 0.0740. The predicted octanol–water partition coefficient (Wildman–Crippen LogP) is 4.06. The number of nitrogens with zero attached hydrogens (tertiary/aromatic N) is 3. The summed E-state index contributed by atoms with van der Waals surface area (Å²) >= 11 is 0. The number of aryl methyl sites for hydroxylation is 2. The Kier molecular flexibility index (Phi) is 6.46. The second-order valence-electron chi connectivity index (χ2n) is 6.99. The van der Waals surface area contributed by atoms with Gasteiger partial charge in [0.05, 0.1) is 19.0 Å². The van der Waals surface area contributed by atoms with Crippen LogP contribution < -0.4 is 4.74 Å². The Labute approximate surface area is 165 Å². The van der Waals surface area contributed by atoms with E-state index in [2.05, 4.69) is 6.07 Å². The van der Waals surface area contributed by atoms with E-state index in [1.807, 2.05) is 78.2 Å². The van der Waals surface area contributed by atoms with E-state index in [1.54, 1.807) is 0 Å². The predicted molar refractivity (Wildman–Crippen MR) is 111 cm³/mol. The number of Topliss-reactive ketones (excluding diaryl/α,β-unsaturated/α-hetero) is 1. The van der Waals surface area contributed by atoms with Crippen molar-refractivity contribution in [3.8, 4) is 11.8 Å². The molecule has 0 fully saturated rings. The summed E-state index contributed by atoms with van der Waals surface area (Å²) in [6.45, 7) is 4.13. The number of carbonyl (C=O) groups is 1. The normalized spacial score (nSPS) is 10.9. The van der Waals surface area contributed by atoms with Gasteiger partial charge in [-0.25, -0.2) is 0 Å². The van der Waals surface area contributed by atoms with Crippen molar-refractivity contribution in [2.45, 2.75) is 19.9 Å². The number of rotatable bonds is 9. The molecule has 0 amide bonds. The Bertz CT molecular complexity index is 1000. The zero-order valence-corrected chi connectivity index (χ0v) is 16.4. The number of hydrogen-bond donors (Lipinski definition) is 0. The minimum Gasteiger partial charge on any atom is -0.492 e. The van der Waals surface area contributed by atoms with Crippen LogP contribution in [0.3, 0.4) is 0 Å². The van der Waals surface area contributed by atoms with Gasteiger partial charge in [-0.1, -0.05) is 30.3 Å². The summed E-state index contributed by atoms with van der Waals surface area (Å²) in [5, 5.41) is 9.81. The van der Waals surface area contributed by atoms with Crippen LogP contribution in [0.25, 0.3) is 10.9 Å². The molecular weight excluding hydrogens is 350 g/mol. The number of ether oxygens (including phenoxy) is 1. The lowest BCUT2D eigenvalue weighted by Crippen LogP contribution is -2.30. The molecule has 0 aliphatic carbocycles. The second kappa shape index (κ2) is 9.20. The molecule has 1 heterocycles. The fourth-order valence-electron chi connectivity index (χ4n) is 3.26. The van der Waals surface area contributed by atoms with Crippen molar-refractivity contribution < 1.29 is 9.53 Å². The van der Waals surface area contributed by atoms with E-state index in [1.165, 1.54) is 0 Å². The zero-order valence-electron chi connectivity index (χ0n) is 16.4.